The van der Waals surface area contributed by atoms with Gasteiger partial charge >= 0.3 is 11.9 Å². The summed E-state index contributed by atoms with van der Waals surface area (Å²) in [6, 6.07) is 0. The summed E-state index contributed by atoms with van der Waals surface area (Å²) in [5.41, 5.74) is -0.240. The SMILES string of the molecule is CCOC(=O)CC1(C(=O)OCC)ON=C2C1CCCC21CC1. The number of ether oxygens (including phenoxy) is 2. The fraction of sp³-hybridized carbons (Fsp3) is 0.812. The minimum atomic E-state index is -1.33. The third-order valence-corrected chi connectivity index (χ3v) is 5.08. The minimum Gasteiger partial charge on any atom is -0.466 e. The molecule has 0 aromatic heterocycles. The summed E-state index contributed by atoms with van der Waals surface area (Å²) < 4.78 is 10.2. The van der Waals surface area contributed by atoms with Gasteiger partial charge < -0.3 is 14.3 Å². The van der Waals surface area contributed by atoms with Gasteiger partial charge in [-0.2, -0.15) is 0 Å². The van der Waals surface area contributed by atoms with Crippen LogP contribution in [0.2, 0.25) is 0 Å². The highest BCUT2D eigenvalue weighted by Crippen LogP contribution is 2.60. The predicted molar refractivity (Wildman–Crippen MR) is 78.1 cm³/mol. The van der Waals surface area contributed by atoms with E-state index in [4.69, 9.17) is 14.3 Å². The highest BCUT2D eigenvalue weighted by atomic mass is 16.7. The van der Waals surface area contributed by atoms with Crippen LogP contribution in [-0.2, 0) is 23.9 Å². The fourth-order valence-electron chi connectivity index (χ4n) is 3.83. The number of hydrogen-bond acceptors (Lipinski definition) is 6. The van der Waals surface area contributed by atoms with Gasteiger partial charge in [0.2, 0.25) is 0 Å². The van der Waals surface area contributed by atoms with Crippen LogP contribution in [0.15, 0.2) is 5.16 Å². The molecule has 3 aliphatic rings. The lowest BCUT2D eigenvalue weighted by molar-refractivity contribution is -0.181. The maximum absolute atomic E-state index is 12.6. The molecule has 2 saturated carbocycles. The van der Waals surface area contributed by atoms with Gasteiger partial charge in [0.25, 0.3) is 5.60 Å². The normalized spacial score (nSPS) is 31.0. The molecule has 0 saturated heterocycles. The molecule has 22 heavy (non-hydrogen) atoms. The fourth-order valence-corrected chi connectivity index (χ4v) is 3.83. The highest BCUT2D eigenvalue weighted by Gasteiger charge is 2.65. The zero-order chi connectivity index (χ0) is 15.8. The van der Waals surface area contributed by atoms with Crippen molar-refractivity contribution in [2.45, 2.75) is 58.0 Å². The Morgan fingerprint density at radius 3 is 2.59 bits per heavy atom. The van der Waals surface area contributed by atoms with Crippen LogP contribution in [0.1, 0.15) is 52.4 Å². The van der Waals surface area contributed by atoms with E-state index in [-0.39, 0.29) is 31.0 Å². The molecule has 0 bridgehead atoms. The summed E-state index contributed by atoms with van der Waals surface area (Å²) in [6.45, 7) is 4.02. The first-order valence-corrected chi connectivity index (χ1v) is 8.17. The molecule has 1 heterocycles. The molecular formula is C16H23NO5. The van der Waals surface area contributed by atoms with Gasteiger partial charge in [0, 0.05) is 5.41 Å². The van der Waals surface area contributed by atoms with Crippen molar-refractivity contribution in [3.63, 3.8) is 0 Å². The lowest BCUT2D eigenvalue weighted by Crippen LogP contribution is -2.51. The molecule has 2 unspecified atom stereocenters. The second kappa shape index (κ2) is 5.56. The van der Waals surface area contributed by atoms with Crippen LogP contribution in [0.3, 0.4) is 0 Å². The number of oxime groups is 1. The van der Waals surface area contributed by atoms with Gasteiger partial charge in [0.05, 0.1) is 31.3 Å². The Bertz CT molecular complexity index is 511. The second-order valence-corrected chi connectivity index (χ2v) is 6.38. The molecule has 2 atom stereocenters. The van der Waals surface area contributed by atoms with E-state index in [0.717, 1.165) is 37.8 Å². The number of nitrogens with zero attached hydrogens (tertiary/aromatic N) is 1. The van der Waals surface area contributed by atoms with E-state index in [9.17, 15) is 9.59 Å². The number of hydrogen-bond donors (Lipinski definition) is 0. The van der Waals surface area contributed by atoms with Crippen LogP contribution < -0.4 is 0 Å². The Morgan fingerprint density at radius 2 is 1.95 bits per heavy atom. The summed E-state index contributed by atoms with van der Waals surface area (Å²) in [7, 11) is 0. The second-order valence-electron chi connectivity index (χ2n) is 6.38. The maximum atomic E-state index is 12.6. The maximum Gasteiger partial charge on any atom is 0.354 e. The molecule has 6 heteroatoms. The van der Waals surface area contributed by atoms with E-state index in [1.54, 1.807) is 13.8 Å². The Morgan fingerprint density at radius 1 is 1.23 bits per heavy atom. The van der Waals surface area contributed by atoms with Crippen LogP contribution in [0.5, 0.6) is 0 Å². The molecule has 0 N–H and O–H groups in total. The lowest BCUT2D eigenvalue weighted by atomic mass is 9.69. The summed E-state index contributed by atoms with van der Waals surface area (Å²) in [6.07, 6.45) is 5.00. The first kappa shape index (κ1) is 15.3. The molecule has 0 aromatic rings. The van der Waals surface area contributed by atoms with Gasteiger partial charge in [0.1, 0.15) is 0 Å². The quantitative estimate of drug-likeness (QED) is 0.728. The van der Waals surface area contributed by atoms with Crippen LogP contribution in [0, 0.1) is 11.3 Å². The minimum absolute atomic E-state index is 0.117. The van der Waals surface area contributed by atoms with Crippen LogP contribution in [-0.4, -0.2) is 36.5 Å². The standard InChI is InChI=1S/C16H23NO5/c1-3-20-12(18)10-16(14(19)21-4-2)11-6-5-7-15(8-9-15)13(11)17-22-16/h11H,3-10H2,1-2H3. The topological polar surface area (TPSA) is 74.2 Å². The first-order valence-electron chi connectivity index (χ1n) is 8.17. The van der Waals surface area contributed by atoms with Gasteiger partial charge in [-0.15, -0.1) is 0 Å². The van der Waals surface area contributed by atoms with Crippen LogP contribution in [0.4, 0.5) is 0 Å². The Balaban J connectivity index is 1.87. The average molecular weight is 309 g/mol. The summed E-state index contributed by atoms with van der Waals surface area (Å²) in [5.74, 6) is -1.10. The molecule has 0 radical (unpaired) electrons. The smallest absolute Gasteiger partial charge is 0.354 e. The van der Waals surface area contributed by atoms with Crippen molar-refractivity contribution in [3.8, 4) is 0 Å². The van der Waals surface area contributed by atoms with Gasteiger partial charge in [-0.25, -0.2) is 4.79 Å². The predicted octanol–water partition coefficient (Wildman–Crippen LogP) is 2.21. The van der Waals surface area contributed by atoms with Crippen molar-refractivity contribution in [2.24, 2.45) is 16.5 Å². The number of carbonyl (C=O) groups is 2. The Kier molecular flexibility index (Phi) is 3.87. The van der Waals surface area contributed by atoms with Gasteiger partial charge in [-0.05, 0) is 39.5 Å². The van der Waals surface area contributed by atoms with Crippen molar-refractivity contribution < 1.29 is 23.9 Å². The van der Waals surface area contributed by atoms with E-state index in [1.807, 2.05) is 0 Å². The molecule has 1 spiro atoms. The monoisotopic (exact) mass is 309 g/mol. The van der Waals surface area contributed by atoms with Gasteiger partial charge in [-0.1, -0.05) is 11.6 Å². The van der Waals surface area contributed by atoms with Crippen molar-refractivity contribution >= 4 is 17.7 Å². The number of esters is 2. The van der Waals surface area contributed by atoms with E-state index >= 15 is 0 Å². The lowest BCUT2D eigenvalue weighted by Gasteiger charge is -2.34. The van der Waals surface area contributed by atoms with E-state index in [0.29, 0.717) is 0 Å². The number of carbonyl (C=O) groups excluding carboxylic acids is 2. The van der Waals surface area contributed by atoms with Crippen molar-refractivity contribution in [2.75, 3.05) is 13.2 Å². The summed E-state index contributed by atoms with van der Waals surface area (Å²) in [4.78, 5) is 30.2. The average Bonchev–Trinajstić information content (AvgIpc) is 3.14. The molecule has 2 aliphatic carbocycles. The Labute approximate surface area is 130 Å². The van der Waals surface area contributed by atoms with Gasteiger partial charge in [0.15, 0.2) is 0 Å². The molecule has 1 aliphatic heterocycles. The molecule has 6 nitrogen and oxygen atoms in total. The highest BCUT2D eigenvalue weighted by molar-refractivity contribution is 6.02. The zero-order valence-electron chi connectivity index (χ0n) is 13.2. The molecular weight excluding hydrogens is 286 g/mol. The molecule has 2 fully saturated rings. The molecule has 122 valence electrons. The van der Waals surface area contributed by atoms with E-state index in [2.05, 4.69) is 5.16 Å². The van der Waals surface area contributed by atoms with Crippen molar-refractivity contribution in [1.29, 1.82) is 0 Å². The third-order valence-electron chi connectivity index (χ3n) is 5.08. The summed E-state index contributed by atoms with van der Waals surface area (Å²) >= 11 is 0. The Hall–Kier alpha value is -1.59. The number of rotatable bonds is 5. The van der Waals surface area contributed by atoms with E-state index in [1.165, 1.54) is 0 Å². The van der Waals surface area contributed by atoms with E-state index < -0.39 is 17.5 Å². The van der Waals surface area contributed by atoms with Gasteiger partial charge in [-0.3, -0.25) is 4.79 Å². The zero-order valence-corrected chi connectivity index (χ0v) is 13.2. The van der Waals surface area contributed by atoms with Crippen LogP contribution in [0.25, 0.3) is 0 Å². The van der Waals surface area contributed by atoms with Crippen molar-refractivity contribution in [1.82, 2.24) is 0 Å². The number of fused-ring (bicyclic) bond motifs is 2. The third kappa shape index (κ3) is 2.29. The molecule has 3 rings (SSSR count). The van der Waals surface area contributed by atoms with Crippen LogP contribution >= 0.6 is 0 Å². The summed E-state index contributed by atoms with van der Waals surface area (Å²) in [5, 5.41) is 4.25. The first-order chi connectivity index (χ1) is 10.6. The molecule has 0 amide bonds. The van der Waals surface area contributed by atoms with Crippen molar-refractivity contribution in [3.05, 3.63) is 0 Å². The molecule has 0 aromatic carbocycles. The largest absolute Gasteiger partial charge is 0.466 e.